The van der Waals surface area contributed by atoms with Gasteiger partial charge in [0, 0.05) is 43.8 Å². The van der Waals surface area contributed by atoms with Crippen molar-refractivity contribution in [2.24, 2.45) is 39.3 Å². The quantitative estimate of drug-likeness (QED) is 0.198. The van der Waals surface area contributed by atoms with Crippen LogP contribution in [0.5, 0.6) is 0 Å². The average Bonchev–Trinajstić information content (AvgIpc) is 3.13. The topological polar surface area (TPSA) is 132 Å². The number of carbonyl (C=O) groups is 1. The third-order valence-corrected chi connectivity index (χ3v) is 9.22. The molecule has 0 aromatic carbocycles. The number of allylic oxidation sites excluding steroid dienone is 1. The van der Waals surface area contributed by atoms with E-state index in [1.54, 1.807) is 0 Å². The van der Waals surface area contributed by atoms with Gasteiger partial charge in [0.15, 0.2) is 5.96 Å². The van der Waals surface area contributed by atoms with E-state index in [4.69, 9.17) is 10.5 Å². The Balaban J connectivity index is 1.88. The molecule has 0 amide bonds. The molecule has 0 saturated heterocycles. The number of rotatable bonds is 8. The fourth-order valence-corrected chi connectivity index (χ4v) is 8.10. The zero-order valence-corrected chi connectivity index (χ0v) is 20.9. The van der Waals surface area contributed by atoms with Crippen molar-refractivity contribution in [2.75, 3.05) is 54.0 Å². The van der Waals surface area contributed by atoms with Crippen molar-refractivity contribution >= 4 is 11.9 Å². The normalized spacial score (nSPS) is 39.3. The van der Waals surface area contributed by atoms with E-state index >= 15 is 0 Å². The maximum Gasteiger partial charge on any atom is 0.334 e. The van der Waals surface area contributed by atoms with Crippen LogP contribution in [-0.2, 0) is 9.53 Å². The molecule has 3 aliphatic carbocycles. The lowest BCUT2D eigenvalue weighted by atomic mass is 9.46. The zero-order chi connectivity index (χ0) is 24.7. The fraction of sp³-hybridized carbons (Fsp3) is 0.760. The highest BCUT2D eigenvalue weighted by atomic mass is 16.5. The summed E-state index contributed by atoms with van der Waals surface area (Å²) in [5.41, 5.74) is 5.37. The van der Waals surface area contributed by atoms with Gasteiger partial charge in [-0.05, 0) is 63.1 Å². The van der Waals surface area contributed by atoms with E-state index in [1.165, 1.54) is 7.11 Å². The summed E-state index contributed by atoms with van der Waals surface area (Å²) in [6.45, 7) is 5.01. The van der Waals surface area contributed by atoms with Gasteiger partial charge in [0.05, 0.1) is 18.7 Å². The van der Waals surface area contributed by atoms with E-state index in [9.17, 15) is 15.0 Å². The van der Waals surface area contributed by atoms with Crippen LogP contribution in [-0.4, -0.2) is 86.6 Å². The molecule has 9 nitrogen and oxygen atoms in total. The Morgan fingerprint density at radius 1 is 1.35 bits per heavy atom. The van der Waals surface area contributed by atoms with Crippen molar-refractivity contribution in [1.82, 2.24) is 15.5 Å². The minimum atomic E-state index is -1.50. The van der Waals surface area contributed by atoms with Gasteiger partial charge in [0.25, 0.3) is 0 Å². The predicted octanol–water partition coefficient (Wildman–Crippen LogP) is 0.770. The number of methoxy groups -OCH3 is 1. The molecule has 0 aromatic heterocycles. The lowest BCUT2D eigenvalue weighted by Gasteiger charge is -2.61. The minimum absolute atomic E-state index is 0.0167. The van der Waals surface area contributed by atoms with Crippen LogP contribution in [0.4, 0.5) is 0 Å². The molecule has 34 heavy (non-hydrogen) atoms. The van der Waals surface area contributed by atoms with Crippen LogP contribution in [0, 0.1) is 28.6 Å². The van der Waals surface area contributed by atoms with Crippen molar-refractivity contribution in [3.05, 3.63) is 23.4 Å². The lowest BCUT2D eigenvalue weighted by molar-refractivity contribution is -0.138. The van der Waals surface area contributed by atoms with E-state index < -0.39 is 17.0 Å². The highest BCUT2D eigenvalue weighted by molar-refractivity contribution is 5.92. The number of aliphatic carboxylic acids is 1. The Labute approximate surface area is 202 Å². The van der Waals surface area contributed by atoms with Crippen molar-refractivity contribution in [2.45, 2.75) is 38.2 Å². The number of aliphatic hydroxyl groups is 1. The van der Waals surface area contributed by atoms with Gasteiger partial charge in [-0.3, -0.25) is 4.99 Å². The van der Waals surface area contributed by atoms with Crippen LogP contribution in [0.2, 0.25) is 0 Å². The van der Waals surface area contributed by atoms with Crippen molar-refractivity contribution < 1.29 is 19.7 Å². The number of guanidine groups is 1. The molecular formula is C25H41N5O4. The summed E-state index contributed by atoms with van der Waals surface area (Å²) in [6, 6.07) is 0. The molecule has 6 atom stereocenters. The van der Waals surface area contributed by atoms with Gasteiger partial charge in [-0.2, -0.15) is 0 Å². The molecule has 1 heterocycles. The van der Waals surface area contributed by atoms with Crippen LogP contribution in [0.1, 0.15) is 32.6 Å². The highest BCUT2D eigenvalue weighted by Gasteiger charge is 2.74. The first-order valence-electron chi connectivity index (χ1n) is 12.4. The smallest absolute Gasteiger partial charge is 0.334 e. The number of aliphatic imine (C=N–C) groups is 1. The number of hydrogen-bond acceptors (Lipinski definition) is 6. The number of carboxylic acid groups (broad SMARTS) is 1. The Kier molecular flexibility index (Phi) is 6.85. The highest BCUT2D eigenvalue weighted by Crippen LogP contribution is 2.77. The first-order chi connectivity index (χ1) is 16.2. The summed E-state index contributed by atoms with van der Waals surface area (Å²) in [7, 11) is 5.37. The second kappa shape index (κ2) is 9.26. The molecule has 2 fully saturated rings. The summed E-state index contributed by atoms with van der Waals surface area (Å²) >= 11 is 0. The maximum absolute atomic E-state index is 12.6. The van der Waals surface area contributed by atoms with Crippen LogP contribution in [0.3, 0.4) is 0 Å². The van der Waals surface area contributed by atoms with E-state index in [1.807, 2.05) is 25.2 Å². The molecule has 4 rings (SSSR count). The molecular weight excluding hydrogens is 434 g/mol. The second-order valence-electron chi connectivity index (χ2n) is 10.7. The van der Waals surface area contributed by atoms with Gasteiger partial charge in [-0.15, -0.1) is 0 Å². The van der Waals surface area contributed by atoms with Gasteiger partial charge in [0.2, 0.25) is 0 Å². The van der Waals surface area contributed by atoms with Gasteiger partial charge < -0.3 is 36.2 Å². The number of carboxylic acids is 1. The number of likely N-dealkylation sites (N-methyl/N-ethyl adjacent to an activating group) is 1. The largest absolute Gasteiger partial charge is 0.478 e. The van der Waals surface area contributed by atoms with Crippen molar-refractivity contribution in [1.29, 1.82) is 0 Å². The molecule has 1 aliphatic heterocycles. The first-order valence-corrected chi connectivity index (χ1v) is 12.4. The minimum Gasteiger partial charge on any atom is -0.478 e. The van der Waals surface area contributed by atoms with Crippen LogP contribution in [0.25, 0.3) is 0 Å². The van der Waals surface area contributed by atoms with Gasteiger partial charge in [-0.1, -0.05) is 13.0 Å². The maximum atomic E-state index is 12.6. The summed E-state index contributed by atoms with van der Waals surface area (Å²) in [6.07, 6.45) is 7.41. The third-order valence-electron chi connectivity index (χ3n) is 9.22. The predicted molar refractivity (Wildman–Crippen MR) is 131 cm³/mol. The van der Waals surface area contributed by atoms with Crippen LogP contribution < -0.4 is 16.4 Å². The molecule has 190 valence electrons. The summed E-state index contributed by atoms with van der Waals surface area (Å²) in [5.74, 6) is 0.191. The zero-order valence-electron chi connectivity index (χ0n) is 20.9. The number of hydrogen-bond donors (Lipinski definition) is 5. The molecule has 9 heteroatoms. The van der Waals surface area contributed by atoms with Crippen LogP contribution >= 0.6 is 0 Å². The molecule has 0 aromatic rings. The monoisotopic (exact) mass is 475 g/mol. The first kappa shape index (κ1) is 25.2. The molecule has 4 aliphatic rings. The van der Waals surface area contributed by atoms with E-state index in [2.05, 4.69) is 28.6 Å². The average molecular weight is 476 g/mol. The molecule has 6 N–H and O–H groups in total. The van der Waals surface area contributed by atoms with Crippen molar-refractivity contribution in [3.8, 4) is 0 Å². The van der Waals surface area contributed by atoms with Crippen LogP contribution in [0.15, 0.2) is 28.4 Å². The third kappa shape index (κ3) is 3.43. The number of ether oxygens (including phenoxy) is 1. The number of nitrogens with two attached hydrogens (primary N) is 1. The molecule has 0 radical (unpaired) electrons. The van der Waals surface area contributed by atoms with E-state index in [0.717, 1.165) is 31.5 Å². The van der Waals surface area contributed by atoms with Gasteiger partial charge in [0.1, 0.15) is 5.60 Å². The summed E-state index contributed by atoms with van der Waals surface area (Å²) in [4.78, 5) is 19.2. The van der Waals surface area contributed by atoms with Crippen molar-refractivity contribution in [3.63, 3.8) is 0 Å². The Bertz CT molecular complexity index is 904. The standard InChI is InChI=1S/C25H41N5O4/c1-16-5-6-17-11-19-20(21(31)32)23(33,15-34-4)13-24(16,19)25(17)14-30(10-7-18(25)12-28-3)22(26)29-9-8-27-2/h7,10,16-18,27-28,33H,5-6,8-9,11-15H2,1-4H3,(H2,26,29)(H,31,32)/t16-,17-,18-,23+,24+,25-/m1/s1. The summed E-state index contributed by atoms with van der Waals surface area (Å²) < 4.78 is 5.38. The number of nitrogens with one attached hydrogen (secondary N) is 2. The fourth-order valence-electron chi connectivity index (χ4n) is 8.10. The van der Waals surface area contributed by atoms with Gasteiger partial charge >= 0.3 is 5.97 Å². The second-order valence-corrected chi connectivity index (χ2v) is 10.7. The molecule has 2 spiro atoms. The summed E-state index contributed by atoms with van der Waals surface area (Å²) in [5, 5.41) is 28.5. The Morgan fingerprint density at radius 2 is 2.12 bits per heavy atom. The SMILES string of the molecule is CNCCN=C(N)N1C=C[C@H](CNC)[C@@]2(C1)[C@@H]1CC[C@@H](C)[C@]23C[C@](O)(COC)C(C(=O)O)=C3C1. The Morgan fingerprint density at radius 3 is 2.76 bits per heavy atom. The molecule has 2 saturated carbocycles. The molecule has 2 bridgehead atoms. The van der Waals surface area contributed by atoms with E-state index in [0.29, 0.717) is 37.8 Å². The Hall–Kier alpha value is -1.94. The number of nitrogens with zero attached hydrogens (tertiary/aromatic N) is 2. The lowest BCUT2D eigenvalue weighted by Crippen LogP contribution is -2.62. The van der Waals surface area contributed by atoms with Gasteiger partial charge in [-0.25, -0.2) is 4.79 Å². The molecule has 0 unspecified atom stereocenters. The van der Waals surface area contributed by atoms with E-state index in [-0.39, 0.29) is 29.4 Å².